The molecule has 4 heterocycles. The van der Waals surface area contributed by atoms with Crippen LogP contribution >= 0.6 is 0 Å². The average Bonchev–Trinajstić information content (AvgIpc) is 3.26. The summed E-state index contributed by atoms with van der Waals surface area (Å²) < 4.78 is 52.4. The Labute approximate surface area is 157 Å². The van der Waals surface area contributed by atoms with E-state index in [1.807, 2.05) is 6.92 Å². The van der Waals surface area contributed by atoms with Gasteiger partial charge in [0.15, 0.2) is 0 Å². The highest BCUT2D eigenvalue weighted by Crippen LogP contribution is 2.38. The summed E-state index contributed by atoms with van der Waals surface area (Å²) in [5, 5.41) is 3.08. The molecule has 4 bridgehead atoms. The van der Waals surface area contributed by atoms with Crippen LogP contribution in [0.1, 0.15) is 45.4 Å². The van der Waals surface area contributed by atoms with Crippen molar-refractivity contribution < 1.29 is 22.6 Å². The predicted molar refractivity (Wildman–Crippen MR) is 91.9 cm³/mol. The molecule has 0 aromatic carbocycles. The lowest BCUT2D eigenvalue weighted by molar-refractivity contribution is -0.233. The minimum atomic E-state index is -4.27. The number of nitrogens with one attached hydrogen (secondary N) is 5. The van der Waals surface area contributed by atoms with Gasteiger partial charge < -0.3 is 9.47 Å². The van der Waals surface area contributed by atoms with Crippen LogP contribution < -0.4 is 27.0 Å². The summed E-state index contributed by atoms with van der Waals surface area (Å²) >= 11 is 0. The summed E-state index contributed by atoms with van der Waals surface area (Å²) in [5.74, 6) is -1.04. The normalized spacial score (nSPS) is 46.7. The van der Waals surface area contributed by atoms with Crippen LogP contribution in [0.25, 0.3) is 0 Å². The van der Waals surface area contributed by atoms with E-state index in [0.717, 1.165) is 32.2 Å². The Hall–Kier alpha value is -0.490. The molecule has 4 aliphatic heterocycles. The first kappa shape index (κ1) is 19.8. The molecule has 0 aromatic heterocycles. The number of hydrazine groups is 2. The number of hydrogen-bond acceptors (Lipinski definition) is 7. The van der Waals surface area contributed by atoms with E-state index in [2.05, 4.69) is 27.0 Å². The monoisotopic (exact) mass is 393 g/mol. The Balaban J connectivity index is 1.50. The number of rotatable bonds is 0. The third-order valence-electron chi connectivity index (χ3n) is 6.26. The first-order chi connectivity index (χ1) is 12.9. The van der Waals surface area contributed by atoms with Crippen LogP contribution in [0.5, 0.6) is 0 Å². The van der Waals surface area contributed by atoms with E-state index in [1.165, 1.54) is 0 Å². The van der Waals surface area contributed by atoms with Gasteiger partial charge in [0.1, 0.15) is 18.7 Å². The second-order valence-corrected chi connectivity index (χ2v) is 8.23. The van der Waals surface area contributed by atoms with Crippen LogP contribution in [-0.4, -0.2) is 49.6 Å². The topological polar surface area (TPSA) is 78.6 Å². The second kappa shape index (κ2) is 8.10. The van der Waals surface area contributed by atoms with Gasteiger partial charge in [0.05, 0.1) is 24.1 Å². The van der Waals surface area contributed by atoms with Crippen molar-refractivity contribution in [2.24, 2.45) is 11.8 Å². The Morgan fingerprint density at radius 1 is 0.852 bits per heavy atom. The maximum absolute atomic E-state index is 13.5. The second-order valence-electron chi connectivity index (χ2n) is 8.23. The quantitative estimate of drug-likeness (QED) is 0.422. The van der Waals surface area contributed by atoms with Gasteiger partial charge in [-0.2, -0.15) is 13.2 Å². The summed E-state index contributed by atoms with van der Waals surface area (Å²) in [4.78, 5) is 0. The standard InChI is InChI=1S/C17H30F3N5O2/c1-9-4-2-3-5-10-8-21-23-13(10)16-25-24-15(27-16)12-7-6-11(17(18,19)20)14(22-12)26-9/h9-16,21-25H,2-8H2,1H3/t9-,10?,11?,12?,13?,14?,15?,16?/m1/s1. The number of piperidine rings is 1. The predicted octanol–water partition coefficient (Wildman–Crippen LogP) is 1.09. The number of hydrogen-bond donors (Lipinski definition) is 5. The summed E-state index contributed by atoms with van der Waals surface area (Å²) in [6.45, 7) is 2.76. The summed E-state index contributed by atoms with van der Waals surface area (Å²) in [6, 6.07) is -0.115. The zero-order valence-corrected chi connectivity index (χ0v) is 15.5. The molecule has 4 saturated heterocycles. The fourth-order valence-corrected chi connectivity index (χ4v) is 4.70. The molecule has 10 heteroatoms. The molecule has 7 nitrogen and oxygen atoms in total. The van der Waals surface area contributed by atoms with Gasteiger partial charge in [-0.25, -0.2) is 10.9 Å². The van der Waals surface area contributed by atoms with E-state index in [-0.39, 0.29) is 30.8 Å². The molecule has 7 unspecified atom stereocenters. The molecule has 4 rings (SSSR count). The van der Waals surface area contributed by atoms with Crippen molar-refractivity contribution >= 4 is 0 Å². The van der Waals surface area contributed by atoms with Crippen LogP contribution in [0.3, 0.4) is 0 Å². The summed E-state index contributed by atoms with van der Waals surface area (Å²) in [7, 11) is 0. The Kier molecular flexibility index (Phi) is 5.94. The van der Waals surface area contributed by atoms with Crippen molar-refractivity contribution in [1.82, 2.24) is 27.0 Å². The molecule has 0 saturated carbocycles. The minimum Gasteiger partial charge on any atom is -0.360 e. The van der Waals surface area contributed by atoms with Crippen molar-refractivity contribution in [3.63, 3.8) is 0 Å². The Bertz CT molecular complexity index is 511. The van der Waals surface area contributed by atoms with Gasteiger partial charge in [0.2, 0.25) is 0 Å². The SMILES string of the molecule is C[C@@H]1CCCCC2CNNC2C2NNC(O2)C2CCC(C(F)(F)F)C(N2)O1. The number of fused-ring (bicyclic) bond motifs is 7. The van der Waals surface area contributed by atoms with Gasteiger partial charge in [0.25, 0.3) is 0 Å². The van der Waals surface area contributed by atoms with Crippen molar-refractivity contribution in [2.75, 3.05) is 6.54 Å². The summed E-state index contributed by atoms with van der Waals surface area (Å²) in [6.07, 6.45) is -1.95. The molecule has 5 N–H and O–H groups in total. The molecule has 0 radical (unpaired) electrons. The van der Waals surface area contributed by atoms with Crippen molar-refractivity contribution in [3.05, 3.63) is 0 Å². The average molecular weight is 393 g/mol. The zero-order chi connectivity index (χ0) is 19.0. The fourth-order valence-electron chi connectivity index (χ4n) is 4.70. The highest BCUT2D eigenvalue weighted by Gasteiger charge is 2.50. The summed E-state index contributed by atoms with van der Waals surface area (Å²) in [5.41, 5.74) is 12.8. The molecule has 27 heavy (non-hydrogen) atoms. The van der Waals surface area contributed by atoms with E-state index in [9.17, 15) is 13.2 Å². The number of alkyl halides is 3. The first-order valence-electron chi connectivity index (χ1n) is 10.0. The largest absolute Gasteiger partial charge is 0.395 e. The third-order valence-corrected chi connectivity index (χ3v) is 6.26. The van der Waals surface area contributed by atoms with Crippen LogP contribution in [0.4, 0.5) is 13.2 Å². The van der Waals surface area contributed by atoms with Gasteiger partial charge in [-0.3, -0.25) is 16.2 Å². The van der Waals surface area contributed by atoms with Crippen molar-refractivity contribution in [3.8, 4) is 0 Å². The smallest absolute Gasteiger partial charge is 0.360 e. The van der Waals surface area contributed by atoms with Gasteiger partial charge in [0, 0.05) is 6.54 Å². The first-order valence-corrected chi connectivity index (χ1v) is 10.0. The Morgan fingerprint density at radius 3 is 2.44 bits per heavy atom. The molecule has 8 atom stereocenters. The van der Waals surface area contributed by atoms with E-state index < -0.39 is 24.6 Å². The molecular formula is C17H30F3N5O2. The maximum Gasteiger partial charge on any atom is 0.395 e. The lowest BCUT2D eigenvalue weighted by atomic mass is 9.91. The van der Waals surface area contributed by atoms with E-state index in [1.54, 1.807) is 0 Å². The van der Waals surface area contributed by atoms with E-state index in [0.29, 0.717) is 12.3 Å². The molecule has 0 aliphatic carbocycles. The molecule has 156 valence electrons. The molecule has 4 aliphatic rings. The van der Waals surface area contributed by atoms with Gasteiger partial charge >= 0.3 is 6.18 Å². The highest BCUT2D eigenvalue weighted by molar-refractivity contribution is 4.94. The zero-order valence-electron chi connectivity index (χ0n) is 15.5. The molecule has 4 fully saturated rings. The highest BCUT2D eigenvalue weighted by atomic mass is 19.4. The van der Waals surface area contributed by atoms with Crippen molar-refractivity contribution in [2.45, 2.75) is 88.5 Å². The number of ether oxygens (including phenoxy) is 2. The van der Waals surface area contributed by atoms with Gasteiger partial charge in [-0.1, -0.05) is 12.8 Å². The Morgan fingerprint density at radius 2 is 1.63 bits per heavy atom. The van der Waals surface area contributed by atoms with Crippen LogP contribution in [0.2, 0.25) is 0 Å². The third kappa shape index (κ3) is 4.42. The van der Waals surface area contributed by atoms with Gasteiger partial charge in [-0.15, -0.1) is 0 Å². The van der Waals surface area contributed by atoms with E-state index >= 15 is 0 Å². The number of halogens is 3. The minimum absolute atomic E-state index is 0.0383. The molecular weight excluding hydrogens is 363 g/mol. The lowest BCUT2D eigenvalue weighted by Gasteiger charge is -2.41. The van der Waals surface area contributed by atoms with Crippen LogP contribution in [0, 0.1) is 11.8 Å². The molecule has 0 aromatic rings. The fraction of sp³-hybridized carbons (Fsp3) is 1.00. The molecule has 0 amide bonds. The van der Waals surface area contributed by atoms with Crippen LogP contribution in [0.15, 0.2) is 0 Å². The van der Waals surface area contributed by atoms with Crippen molar-refractivity contribution in [1.29, 1.82) is 0 Å². The molecule has 0 spiro atoms. The van der Waals surface area contributed by atoms with E-state index in [4.69, 9.17) is 9.47 Å². The van der Waals surface area contributed by atoms with Crippen LogP contribution in [-0.2, 0) is 9.47 Å². The lowest BCUT2D eigenvalue weighted by Crippen LogP contribution is -2.59. The maximum atomic E-state index is 13.5. The van der Waals surface area contributed by atoms with Gasteiger partial charge in [-0.05, 0) is 38.5 Å².